The molecule has 28 heavy (non-hydrogen) atoms. The first kappa shape index (κ1) is 16.6. The number of pyridine rings is 2. The highest BCUT2D eigenvalue weighted by atomic mass is 14.7. The number of aromatic nitrogens is 2. The molecule has 0 radical (unpaired) electrons. The Morgan fingerprint density at radius 2 is 1.50 bits per heavy atom. The van der Waals surface area contributed by atoms with E-state index in [1.807, 2.05) is 12.1 Å². The van der Waals surface area contributed by atoms with Gasteiger partial charge in [0.2, 0.25) is 0 Å². The summed E-state index contributed by atoms with van der Waals surface area (Å²) in [5, 5.41) is 2.37. The van der Waals surface area contributed by atoms with Crippen molar-refractivity contribution in [3.8, 4) is 11.1 Å². The first-order chi connectivity index (χ1) is 13.8. The summed E-state index contributed by atoms with van der Waals surface area (Å²) in [5.74, 6) is 0. The molecule has 2 nitrogen and oxygen atoms in total. The zero-order valence-corrected chi connectivity index (χ0v) is 15.8. The average molecular weight is 360 g/mol. The molecule has 0 saturated heterocycles. The molecule has 2 aromatic heterocycles. The van der Waals surface area contributed by atoms with Crippen molar-refractivity contribution in [1.29, 1.82) is 0 Å². The van der Waals surface area contributed by atoms with Crippen molar-refractivity contribution < 1.29 is 0 Å². The van der Waals surface area contributed by atoms with Crippen LogP contribution in [0.1, 0.15) is 17.0 Å². The SMILES string of the molecule is Cc1cc(-c2ccccc2)c2cc(Cc3ccc4ccccc4n3)ccc2n1. The standard InChI is InChI=1S/C26H20N2/c1-18-15-23(20-7-3-2-4-8-20)24-17-19(11-14-26(24)27-18)16-22-13-12-21-9-5-6-10-25(21)28-22/h2-15,17H,16H2,1H3. The van der Waals surface area contributed by atoms with Gasteiger partial charge in [-0.3, -0.25) is 9.97 Å². The normalized spacial score (nSPS) is 11.2. The second-order valence-corrected chi connectivity index (χ2v) is 7.20. The van der Waals surface area contributed by atoms with Gasteiger partial charge in [-0.05, 0) is 53.9 Å². The highest BCUT2D eigenvalue weighted by Gasteiger charge is 2.08. The van der Waals surface area contributed by atoms with Gasteiger partial charge in [-0.15, -0.1) is 0 Å². The van der Waals surface area contributed by atoms with E-state index < -0.39 is 0 Å². The van der Waals surface area contributed by atoms with E-state index in [4.69, 9.17) is 9.97 Å². The summed E-state index contributed by atoms with van der Waals surface area (Å²) in [6.07, 6.45) is 0.808. The van der Waals surface area contributed by atoms with Gasteiger partial charge in [0.25, 0.3) is 0 Å². The van der Waals surface area contributed by atoms with Crippen molar-refractivity contribution in [2.24, 2.45) is 0 Å². The molecular weight excluding hydrogens is 340 g/mol. The third-order valence-corrected chi connectivity index (χ3v) is 5.13. The van der Waals surface area contributed by atoms with Crippen LogP contribution in [-0.4, -0.2) is 9.97 Å². The number of nitrogens with zero attached hydrogens (tertiary/aromatic N) is 2. The van der Waals surface area contributed by atoms with Gasteiger partial charge >= 0.3 is 0 Å². The molecule has 0 N–H and O–H groups in total. The summed E-state index contributed by atoms with van der Waals surface area (Å²) in [6.45, 7) is 2.05. The van der Waals surface area contributed by atoms with Crippen LogP contribution in [0.3, 0.4) is 0 Å². The predicted molar refractivity (Wildman–Crippen MR) is 116 cm³/mol. The molecule has 0 atom stereocenters. The van der Waals surface area contributed by atoms with Gasteiger partial charge in [-0.25, -0.2) is 0 Å². The number of para-hydroxylation sites is 1. The van der Waals surface area contributed by atoms with Crippen molar-refractivity contribution in [2.75, 3.05) is 0 Å². The molecule has 0 aliphatic carbocycles. The molecule has 5 rings (SSSR count). The first-order valence-corrected chi connectivity index (χ1v) is 9.57. The molecule has 0 unspecified atom stereocenters. The summed E-state index contributed by atoms with van der Waals surface area (Å²) in [6, 6.07) is 31.8. The summed E-state index contributed by atoms with van der Waals surface area (Å²) in [4.78, 5) is 9.56. The summed E-state index contributed by atoms with van der Waals surface area (Å²) in [5.41, 5.74) is 7.90. The van der Waals surface area contributed by atoms with E-state index in [9.17, 15) is 0 Å². The Morgan fingerprint density at radius 1 is 0.679 bits per heavy atom. The number of rotatable bonds is 3. The average Bonchev–Trinajstić information content (AvgIpc) is 2.74. The van der Waals surface area contributed by atoms with Crippen LogP contribution in [0.5, 0.6) is 0 Å². The van der Waals surface area contributed by atoms with Crippen LogP contribution in [0.2, 0.25) is 0 Å². The summed E-state index contributed by atoms with van der Waals surface area (Å²) < 4.78 is 0. The fourth-order valence-electron chi connectivity index (χ4n) is 3.79. The van der Waals surface area contributed by atoms with Gasteiger partial charge in [0.05, 0.1) is 11.0 Å². The molecule has 0 amide bonds. The van der Waals surface area contributed by atoms with E-state index in [1.54, 1.807) is 0 Å². The van der Waals surface area contributed by atoms with Gasteiger partial charge in [0, 0.05) is 28.6 Å². The topological polar surface area (TPSA) is 25.8 Å². The smallest absolute Gasteiger partial charge is 0.0711 e. The first-order valence-electron chi connectivity index (χ1n) is 9.57. The maximum atomic E-state index is 4.83. The molecule has 0 spiro atoms. The summed E-state index contributed by atoms with van der Waals surface area (Å²) >= 11 is 0. The van der Waals surface area contributed by atoms with Crippen LogP contribution < -0.4 is 0 Å². The van der Waals surface area contributed by atoms with E-state index in [2.05, 4.69) is 85.8 Å². The maximum absolute atomic E-state index is 4.83. The number of benzene rings is 3. The van der Waals surface area contributed by atoms with Crippen molar-refractivity contribution in [3.63, 3.8) is 0 Å². The third kappa shape index (κ3) is 3.14. The van der Waals surface area contributed by atoms with Crippen LogP contribution in [0.15, 0.2) is 91.0 Å². The van der Waals surface area contributed by atoms with Crippen molar-refractivity contribution in [2.45, 2.75) is 13.3 Å². The minimum absolute atomic E-state index is 0.808. The highest BCUT2D eigenvalue weighted by molar-refractivity contribution is 5.95. The number of hydrogen-bond acceptors (Lipinski definition) is 2. The molecule has 5 aromatic rings. The maximum Gasteiger partial charge on any atom is 0.0711 e. The number of hydrogen-bond donors (Lipinski definition) is 0. The second kappa shape index (κ2) is 6.90. The highest BCUT2D eigenvalue weighted by Crippen LogP contribution is 2.30. The van der Waals surface area contributed by atoms with E-state index in [1.165, 1.54) is 27.5 Å². The molecule has 2 heteroatoms. The lowest BCUT2D eigenvalue weighted by Crippen LogP contribution is -1.95. The fraction of sp³-hybridized carbons (Fsp3) is 0.0769. The van der Waals surface area contributed by atoms with Crippen LogP contribution in [-0.2, 0) is 6.42 Å². The fourth-order valence-corrected chi connectivity index (χ4v) is 3.79. The van der Waals surface area contributed by atoms with E-state index >= 15 is 0 Å². The molecule has 0 aliphatic rings. The van der Waals surface area contributed by atoms with Crippen LogP contribution in [0.25, 0.3) is 32.9 Å². The van der Waals surface area contributed by atoms with Crippen LogP contribution in [0.4, 0.5) is 0 Å². The van der Waals surface area contributed by atoms with Gasteiger partial charge < -0.3 is 0 Å². The largest absolute Gasteiger partial charge is 0.253 e. The van der Waals surface area contributed by atoms with Crippen molar-refractivity contribution in [3.05, 3.63) is 108 Å². The Morgan fingerprint density at radius 3 is 2.39 bits per heavy atom. The lowest BCUT2D eigenvalue weighted by molar-refractivity contribution is 1.10. The van der Waals surface area contributed by atoms with E-state index in [0.29, 0.717) is 0 Å². The minimum atomic E-state index is 0.808. The zero-order chi connectivity index (χ0) is 18.9. The van der Waals surface area contributed by atoms with Gasteiger partial charge in [0.1, 0.15) is 0 Å². The Balaban J connectivity index is 1.59. The number of fused-ring (bicyclic) bond motifs is 2. The number of aryl methyl sites for hydroxylation is 1. The quantitative estimate of drug-likeness (QED) is 0.375. The Labute approximate surface area is 164 Å². The zero-order valence-electron chi connectivity index (χ0n) is 15.8. The molecule has 0 aliphatic heterocycles. The third-order valence-electron chi connectivity index (χ3n) is 5.13. The van der Waals surface area contributed by atoms with Crippen molar-refractivity contribution in [1.82, 2.24) is 9.97 Å². The lowest BCUT2D eigenvalue weighted by Gasteiger charge is -2.10. The lowest BCUT2D eigenvalue weighted by atomic mass is 9.97. The molecular formula is C26H20N2. The Hall–Kier alpha value is -3.52. The second-order valence-electron chi connectivity index (χ2n) is 7.20. The molecule has 0 bridgehead atoms. The van der Waals surface area contributed by atoms with E-state index in [-0.39, 0.29) is 0 Å². The van der Waals surface area contributed by atoms with Gasteiger partial charge in [0.15, 0.2) is 0 Å². The van der Waals surface area contributed by atoms with Crippen molar-refractivity contribution >= 4 is 21.8 Å². The molecule has 0 saturated carbocycles. The minimum Gasteiger partial charge on any atom is -0.253 e. The van der Waals surface area contributed by atoms with E-state index in [0.717, 1.165) is 28.8 Å². The Bertz CT molecular complexity index is 1290. The van der Waals surface area contributed by atoms with Gasteiger partial charge in [-0.2, -0.15) is 0 Å². The van der Waals surface area contributed by atoms with Crippen LogP contribution >= 0.6 is 0 Å². The molecule has 0 fully saturated rings. The molecule has 134 valence electrons. The monoisotopic (exact) mass is 360 g/mol. The predicted octanol–water partition coefficient (Wildman–Crippen LogP) is 6.35. The molecule has 2 heterocycles. The van der Waals surface area contributed by atoms with Crippen LogP contribution in [0, 0.1) is 6.92 Å². The Kier molecular flexibility index (Phi) is 4.10. The van der Waals surface area contributed by atoms with Gasteiger partial charge in [-0.1, -0.05) is 60.7 Å². The summed E-state index contributed by atoms with van der Waals surface area (Å²) in [7, 11) is 0. The molecule has 3 aromatic carbocycles.